The lowest BCUT2D eigenvalue weighted by Gasteiger charge is -2.08. The molecule has 2 aromatic carbocycles. The van der Waals surface area contributed by atoms with Crippen molar-refractivity contribution >= 4 is 16.8 Å². The van der Waals surface area contributed by atoms with Crippen LogP contribution < -0.4 is 0 Å². The van der Waals surface area contributed by atoms with Crippen LogP contribution in [0.3, 0.4) is 0 Å². The smallest absolute Gasteiger partial charge is 0.310 e. The normalized spacial score (nSPS) is 13.6. The second-order valence-electron chi connectivity index (χ2n) is 5.11. The number of hydrogen-bond acceptors (Lipinski definition) is 2. The molecule has 0 amide bonds. The summed E-state index contributed by atoms with van der Waals surface area (Å²) in [6, 6.07) is 15.0. The number of carbonyl (C=O) groups is 1. The van der Waals surface area contributed by atoms with E-state index in [1.54, 1.807) is 19.1 Å². The molecule has 0 spiro atoms. The zero-order valence-electron chi connectivity index (χ0n) is 12.1. The number of aryl methyl sites for hydroxylation is 1. The van der Waals surface area contributed by atoms with E-state index in [0.717, 1.165) is 21.6 Å². The average molecular weight is 302 g/mol. The van der Waals surface area contributed by atoms with E-state index >= 15 is 0 Å². The van der Waals surface area contributed by atoms with E-state index in [2.05, 4.69) is 0 Å². The lowest BCUT2D eigenvalue weighted by Crippen LogP contribution is -2.07. The molecule has 4 heteroatoms. The zero-order valence-corrected chi connectivity index (χ0v) is 12.9. The maximum atomic E-state index is 12.3. The fourth-order valence-corrected chi connectivity index (χ4v) is 3.25. The Morgan fingerprint density at radius 3 is 2.43 bits per heavy atom. The Bertz CT molecular complexity index is 662. The van der Waals surface area contributed by atoms with Gasteiger partial charge >= 0.3 is 5.97 Å². The average Bonchev–Trinajstić information content (AvgIpc) is 2.47. The fraction of sp³-hybridized carbons (Fsp3) is 0.235. The van der Waals surface area contributed by atoms with Crippen molar-refractivity contribution in [2.75, 3.05) is 0 Å². The van der Waals surface area contributed by atoms with Gasteiger partial charge in [0.1, 0.15) is 0 Å². The molecule has 1 N–H and O–H groups in total. The van der Waals surface area contributed by atoms with Crippen molar-refractivity contribution < 1.29 is 14.1 Å². The molecule has 0 saturated heterocycles. The number of benzene rings is 2. The van der Waals surface area contributed by atoms with Crippen molar-refractivity contribution in [3.05, 3.63) is 65.2 Å². The van der Waals surface area contributed by atoms with Crippen molar-refractivity contribution in [1.29, 1.82) is 0 Å². The number of carboxylic acid groups (broad SMARTS) is 1. The Labute approximate surface area is 127 Å². The second kappa shape index (κ2) is 6.68. The summed E-state index contributed by atoms with van der Waals surface area (Å²) < 4.78 is 12.3. The first-order valence-electron chi connectivity index (χ1n) is 6.74. The summed E-state index contributed by atoms with van der Waals surface area (Å²) in [5, 5.41) is 8.98. The third-order valence-electron chi connectivity index (χ3n) is 3.40. The number of aliphatic carboxylic acids is 1. The van der Waals surface area contributed by atoms with Gasteiger partial charge in [0.25, 0.3) is 0 Å². The molecule has 21 heavy (non-hydrogen) atoms. The van der Waals surface area contributed by atoms with E-state index in [0.29, 0.717) is 5.75 Å². The number of carboxylic acids is 1. The van der Waals surface area contributed by atoms with Gasteiger partial charge in [-0.2, -0.15) is 0 Å². The van der Waals surface area contributed by atoms with Gasteiger partial charge in [-0.1, -0.05) is 36.4 Å². The minimum absolute atomic E-state index is 0.436. The Kier molecular flexibility index (Phi) is 4.91. The Balaban J connectivity index is 2.10. The standard InChI is InChI=1S/C17H18O3S/c1-12-4-3-5-16(10-12)21(20)11-14-6-8-15(9-7-14)13(2)17(18)19/h3-10,13H,11H2,1-2H3,(H,18,19). The van der Waals surface area contributed by atoms with E-state index in [1.165, 1.54) is 0 Å². The lowest BCUT2D eigenvalue weighted by atomic mass is 10.0. The van der Waals surface area contributed by atoms with Gasteiger partial charge in [0, 0.05) is 4.90 Å². The topological polar surface area (TPSA) is 54.4 Å². The Hall–Kier alpha value is -1.94. The lowest BCUT2D eigenvalue weighted by molar-refractivity contribution is -0.138. The van der Waals surface area contributed by atoms with Crippen molar-refractivity contribution in [3.63, 3.8) is 0 Å². The van der Waals surface area contributed by atoms with Gasteiger partial charge in [0.05, 0.1) is 22.5 Å². The van der Waals surface area contributed by atoms with Crippen molar-refractivity contribution in [2.24, 2.45) is 0 Å². The number of hydrogen-bond donors (Lipinski definition) is 1. The molecule has 0 aliphatic rings. The summed E-state index contributed by atoms with van der Waals surface area (Å²) >= 11 is 0. The molecule has 2 aromatic rings. The van der Waals surface area contributed by atoms with Crippen LogP contribution in [0.2, 0.25) is 0 Å². The molecule has 3 nitrogen and oxygen atoms in total. The van der Waals surface area contributed by atoms with Gasteiger partial charge in [-0.05, 0) is 42.7 Å². The molecule has 0 heterocycles. The molecule has 2 rings (SSSR count). The summed E-state index contributed by atoms with van der Waals surface area (Å²) in [6.07, 6.45) is 0. The predicted octanol–water partition coefficient (Wildman–Crippen LogP) is 3.49. The van der Waals surface area contributed by atoms with E-state index in [9.17, 15) is 9.00 Å². The van der Waals surface area contributed by atoms with Crippen LogP contribution in [-0.2, 0) is 21.3 Å². The molecule has 0 aromatic heterocycles. The van der Waals surface area contributed by atoms with Crippen LogP contribution in [0.25, 0.3) is 0 Å². The van der Waals surface area contributed by atoms with E-state index in [-0.39, 0.29) is 0 Å². The summed E-state index contributed by atoms with van der Waals surface area (Å²) in [5.41, 5.74) is 2.79. The molecule has 2 atom stereocenters. The van der Waals surface area contributed by atoms with Gasteiger partial charge in [-0.3, -0.25) is 9.00 Å². The Morgan fingerprint density at radius 2 is 1.86 bits per heavy atom. The first-order chi connectivity index (χ1) is 9.97. The maximum absolute atomic E-state index is 12.3. The molecule has 0 radical (unpaired) electrons. The molecule has 0 saturated carbocycles. The molecular formula is C17H18O3S. The van der Waals surface area contributed by atoms with Crippen LogP contribution in [0.5, 0.6) is 0 Å². The predicted molar refractivity (Wildman–Crippen MR) is 83.8 cm³/mol. The van der Waals surface area contributed by atoms with Gasteiger partial charge in [-0.15, -0.1) is 0 Å². The summed E-state index contributed by atoms with van der Waals surface area (Å²) in [5.74, 6) is -0.932. The van der Waals surface area contributed by atoms with Gasteiger partial charge in [-0.25, -0.2) is 0 Å². The van der Waals surface area contributed by atoms with Crippen LogP contribution >= 0.6 is 0 Å². The summed E-state index contributed by atoms with van der Waals surface area (Å²) in [6.45, 7) is 3.63. The first kappa shape index (κ1) is 15.4. The molecule has 0 aliphatic heterocycles. The molecule has 2 unspecified atom stereocenters. The van der Waals surface area contributed by atoms with Crippen molar-refractivity contribution in [1.82, 2.24) is 0 Å². The summed E-state index contributed by atoms with van der Waals surface area (Å²) in [4.78, 5) is 11.7. The highest BCUT2D eigenvalue weighted by molar-refractivity contribution is 7.84. The Morgan fingerprint density at radius 1 is 1.19 bits per heavy atom. The van der Waals surface area contributed by atoms with E-state index < -0.39 is 22.7 Å². The third-order valence-corrected chi connectivity index (χ3v) is 4.78. The third kappa shape index (κ3) is 4.02. The highest BCUT2D eigenvalue weighted by atomic mass is 32.2. The van der Waals surface area contributed by atoms with Gasteiger partial charge in [0.15, 0.2) is 0 Å². The maximum Gasteiger partial charge on any atom is 0.310 e. The van der Waals surface area contributed by atoms with Crippen molar-refractivity contribution in [2.45, 2.75) is 30.4 Å². The van der Waals surface area contributed by atoms with Crippen LogP contribution in [-0.4, -0.2) is 15.3 Å². The highest BCUT2D eigenvalue weighted by Crippen LogP contribution is 2.18. The zero-order chi connectivity index (χ0) is 15.4. The fourth-order valence-electron chi connectivity index (χ4n) is 2.04. The van der Waals surface area contributed by atoms with Gasteiger partial charge < -0.3 is 5.11 Å². The van der Waals surface area contributed by atoms with Crippen LogP contribution in [0.15, 0.2) is 53.4 Å². The monoisotopic (exact) mass is 302 g/mol. The molecule has 110 valence electrons. The van der Waals surface area contributed by atoms with E-state index in [4.69, 9.17) is 5.11 Å². The van der Waals surface area contributed by atoms with Crippen LogP contribution in [0, 0.1) is 6.92 Å². The van der Waals surface area contributed by atoms with Crippen molar-refractivity contribution in [3.8, 4) is 0 Å². The van der Waals surface area contributed by atoms with Crippen LogP contribution in [0.4, 0.5) is 0 Å². The van der Waals surface area contributed by atoms with E-state index in [1.807, 2.05) is 43.3 Å². The summed E-state index contributed by atoms with van der Waals surface area (Å²) in [7, 11) is -1.09. The molecule has 0 bridgehead atoms. The largest absolute Gasteiger partial charge is 0.481 e. The minimum atomic E-state index is -1.09. The highest BCUT2D eigenvalue weighted by Gasteiger charge is 2.13. The van der Waals surface area contributed by atoms with Crippen LogP contribution in [0.1, 0.15) is 29.5 Å². The molecule has 0 aliphatic carbocycles. The second-order valence-corrected chi connectivity index (χ2v) is 6.56. The quantitative estimate of drug-likeness (QED) is 0.920. The molecule has 0 fully saturated rings. The minimum Gasteiger partial charge on any atom is -0.481 e. The number of rotatable bonds is 5. The van der Waals surface area contributed by atoms with Gasteiger partial charge in [0.2, 0.25) is 0 Å². The SMILES string of the molecule is Cc1cccc(S(=O)Cc2ccc(C(C)C(=O)O)cc2)c1. The molecular weight excluding hydrogens is 284 g/mol. The first-order valence-corrected chi connectivity index (χ1v) is 8.06.